The number of nitrogens with zero attached hydrogens (tertiary/aromatic N) is 1. The monoisotopic (exact) mass is 195 g/mol. The molecule has 0 aliphatic heterocycles. The highest BCUT2D eigenvalue weighted by atomic mass is 16.2. The van der Waals surface area contributed by atoms with Crippen molar-refractivity contribution in [2.75, 3.05) is 13.1 Å². The van der Waals surface area contributed by atoms with Gasteiger partial charge >= 0.3 is 0 Å². The molecule has 14 heavy (non-hydrogen) atoms. The molecule has 1 fully saturated rings. The van der Waals surface area contributed by atoms with Gasteiger partial charge in [0.05, 0.1) is 12.5 Å². The maximum Gasteiger partial charge on any atom is 0.223 e. The standard InChI is InChI=1S/C10H17N3O/c1-8(4-5-11)12-6-7-13-10(14)9-2-3-9/h8-9,12H,2-4,6-7H2,1H3,(H,13,14). The summed E-state index contributed by atoms with van der Waals surface area (Å²) in [4.78, 5) is 11.2. The van der Waals surface area contributed by atoms with Gasteiger partial charge in [-0.3, -0.25) is 4.79 Å². The Bertz CT molecular complexity index is 230. The van der Waals surface area contributed by atoms with Gasteiger partial charge in [-0.25, -0.2) is 0 Å². The third-order valence-corrected chi connectivity index (χ3v) is 2.26. The Kier molecular flexibility index (Phi) is 4.41. The fraction of sp³-hybridized carbons (Fsp3) is 0.800. The normalized spacial score (nSPS) is 17.1. The number of amides is 1. The summed E-state index contributed by atoms with van der Waals surface area (Å²) < 4.78 is 0. The summed E-state index contributed by atoms with van der Waals surface area (Å²) in [5, 5.41) is 14.4. The largest absolute Gasteiger partial charge is 0.355 e. The second kappa shape index (κ2) is 5.61. The number of hydrogen-bond donors (Lipinski definition) is 2. The molecule has 0 aromatic heterocycles. The van der Waals surface area contributed by atoms with Crippen LogP contribution >= 0.6 is 0 Å². The quantitative estimate of drug-likeness (QED) is 0.603. The van der Waals surface area contributed by atoms with Crippen molar-refractivity contribution in [3.8, 4) is 6.07 Å². The fourth-order valence-corrected chi connectivity index (χ4v) is 1.20. The molecular formula is C10H17N3O. The van der Waals surface area contributed by atoms with Crippen molar-refractivity contribution >= 4 is 5.91 Å². The maximum atomic E-state index is 11.2. The van der Waals surface area contributed by atoms with E-state index in [1.165, 1.54) is 0 Å². The second-order valence-corrected chi connectivity index (χ2v) is 3.78. The van der Waals surface area contributed by atoms with Crippen LogP contribution in [0.25, 0.3) is 0 Å². The van der Waals surface area contributed by atoms with Gasteiger partial charge < -0.3 is 10.6 Å². The molecule has 4 nitrogen and oxygen atoms in total. The van der Waals surface area contributed by atoms with Crippen molar-refractivity contribution in [2.24, 2.45) is 5.92 Å². The summed E-state index contributed by atoms with van der Waals surface area (Å²) in [6.07, 6.45) is 2.60. The number of carbonyl (C=O) groups is 1. The van der Waals surface area contributed by atoms with Gasteiger partial charge in [0.25, 0.3) is 0 Å². The Morgan fingerprint density at radius 1 is 1.57 bits per heavy atom. The molecule has 1 saturated carbocycles. The molecule has 1 atom stereocenters. The van der Waals surface area contributed by atoms with E-state index in [1.807, 2.05) is 6.92 Å². The van der Waals surface area contributed by atoms with Crippen molar-refractivity contribution in [1.29, 1.82) is 5.26 Å². The lowest BCUT2D eigenvalue weighted by Crippen LogP contribution is -2.36. The molecule has 0 aromatic carbocycles. The van der Waals surface area contributed by atoms with E-state index in [2.05, 4.69) is 16.7 Å². The van der Waals surface area contributed by atoms with Gasteiger partial charge in [0.15, 0.2) is 0 Å². The van der Waals surface area contributed by atoms with E-state index in [0.29, 0.717) is 13.0 Å². The molecule has 0 saturated heterocycles. The molecule has 78 valence electrons. The van der Waals surface area contributed by atoms with Gasteiger partial charge in [-0.1, -0.05) is 0 Å². The lowest BCUT2D eigenvalue weighted by Gasteiger charge is -2.10. The van der Waals surface area contributed by atoms with Crippen molar-refractivity contribution in [3.05, 3.63) is 0 Å². The summed E-state index contributed by atoms with van der Waals surface area (Å²) in [6.45, 7) is 3.36. The highest BCUT2D eigenvalue weighted by molar-refractivity contribution is 5.80. The average Bonchev–Trinajstić information content (AvgIpc) is 2.95. The lowest BCUT2D eigenvalue weighted by atomic mass is 10.2. The topological polar surface area (TPSA) is 64.9 Å². The minimum atomic E-state index is 0.180. The van der Waals surface area contributed by atoms with Crippen LogP contribution in [-0.4, -0.2) is 25.0 Å². The summed E-state index contributed by atoms with van der Waals surface area (Å²) in [6, 6.07) is 2.30. The first-order valence-electron chi connectivity index (χ1n) is 5.12. The van der Waals surface area contributed by atoms with Crippen LogP contribution in [0, 0.1) is 17.2 Å². The minimum Gasteiger partial charge on any atom is -0.355 e. The number of nitriles is 1. The van der Waals surface area contributed by atoms with Crippen molar-refractivity contribution in [1.82, 2.24) is 10.6 Å². The number of hydrogen-bond acceptors (Lipinski definition) is 3. The first-order valence-corrected chi connectivity index (χ1v) is 5.12. The second-order valence-electron chi connectivity index (χ2n) is 3.78. The molecule has 0 radical (unpaired) electrons. The van der Waals surface area contributed by atoms with Crippen molar-refractivity contribution < 1.29 is 4.79 Å². The molecule has 0 spiro atoms. The first-order chi connectivity index (χ1) is 6.74. The highest BCUT2D eigenvalue weighted by Crippen LogP contribution is 2.28. The van der Waals surface area contributed by atoms with Gasteiger partial charge in [-0.2, -0.15) is 5.26 Å². The third kappa shape index (κ3) is 4.24. The number of rotatable bonds is 6. The zero-order valence-corrected chi connectivity index (χ0v) is 8.55. The fourth-order valence-electron chi connectivity index (χ4n) is 1.20. The zero-order chi connectivity index (χ0) is 10.4. The predicted molar refractivity (Wildman–Crippen MR) is 53.4 cm³/mol. The molecule has 2 N–H and O–H groups in total. The zero-order valence-electron chi connectivity index (χ0n) is 8.55. The van der Waals surface area contributed by atoms with Crippen LogP contribution in [0.15, 0.2) is 0 Å². The molecule has 1 aliphatic rings. The molecule has 1 amide bonds. The van der Waals surface area contributed by atoms with E-state index >= 15 is 0 Å². The number of nitrogens with one attached hydrogen (secondary N) is 2. The van der Waals surface area contributed by atoms with E-state index in [0.717, 1.165) is 19.4 Å². The van der Waals surface area contributed by atoms with Crippen LogP contribution in [0.4, 0.5) is 0 Å². The van der Waals surface area contributed by atoms with E-state index in [1.54, 1.807) is 0 Å². The van der Waals surface area contributed by atoms with Gasteiger partial charge in [-0.05, 0) is 19.8 Å². The predicted octanol–water partition coefficient (Wildman–Crippen LogP) is 0.404. The van der Waals surface area contributed by atoms with E-state index in [-0.39, 0.29) is 17.9 Å². The van der Waals surface area contributed by atoms with Crippen LogP contribution in [-0.2, 0) is 4.79 Å². The summed E-state index contributed by atoms with van der Waals surface area (Å²) in [7, 11) is 0. The molecule has 0 bridgehead atoms. The molecular weight excluding hydrogens is 178 g/mol. The van der Waals surface area contributed by atoms with Gasteiger partial charge in [-0.15, -0.1) is 0 Å². The van der Waals surface area contributed by atoms with Crippen LogP contribution in [0.1, 0.15) is 26.2 Å². The Labute approximate surface area is 84.7 Å². The van der Waals surface area contributed by atoms with Gasteiger partial charge in [0.1, 0.15) is 0 Å². The maximum absolute atomic E-state index is 11.2. The molecule has 0 heterocycles. The van der Waals surface area contributed by atoms with Crippen molar-refractivity contribution in [2.45, 2.75) is 32.2 Å². The Hall–Kier alpha value is -1.08. The van der Waals surface area contributed by atoms with Gasteiger partial charge in [0.2, 0.25) is 5.91 Å². The minimum absolute atomic E-state index is 0.180. The average molecular weight is 195 g/mol. The third-order valence-electron chi connectivity index (χ3n) is 2.26. The molecule has 4 heteroatoms. The molecule has 0 aromatic rings. The smallest absolute Gasteiger partial charge is 0.223 e. The molecule has 1 aliphatic carbocycles. The summed E-state index contributed by atoms with van der Waals surface area (Å²) >= 11 is 0. The lowest BCUT2D eigenvalue weighted by molar-refractivity contribution is -0.122. The van der Waals surface area contributed by atoms with E-state index < -0.39 is 0 Å². The Morgan fingerprint density at radius 3 is 2.86 bits per heavy atom. The van der Waals surface area contributed by atoms with Crippen LogP contribution in [0.3, 0.4) is 0 Å². The number of carbonyl (C=O) groups excluding carboxylic acids is 1. The van der Waals surface area contributed by atoms with Crippen molar-refractivity contribution in [3.63, 3.8) is 0 Å². The van der Waals surface area contributed by atoms with Crippen LogP contribution in [0.5, 0.6) is 0 Å². The highest BCUT2D eigenvalue weighted by Gasteiger charge is 2.28. The molecule has 1 rings (SSSR count). The first kappa shape index (κ1) is 11.0. The SMILES string of the molecule is CC(CC#N)NCCNC(=O)C1CC1. The van der Waals surface area contributed by atoms with Crippen LogP contribution in [0.2, 0.25) is 0 Å². The summed E-state index contributed by atoms with van der Waals surface area (Å²) in [5.74, 6) is 0.464. The van der Waals surface area contributed by atoms with E-state index in [9.17, 15) is 4.79 Å². The summed E-state index contributed by atoms with van der Waals surface area (Å²) in [5.41, 5.74) is 0. The molecule has 1 unspecified atom stereocenters. The van der Waals surface area contributed by atoms with E-state index in [4.69, 9.17) is 5.26 Å². The Morgan fingerprint density at radius 2 is 2.29 bits per heavy atom. The van der Waals surface area contributed by atoms with Gasteiger partial charge in [0, 0.05) is 25.0 Å². The van der Waals surface area contributed by atoms with Crippen LogP contribution < -0.4 is 10.6 Å². The Balaban J connectivity index is 1.93.